The molecule has 0 spiro atoms. The standard InChI is InChI=1S/C6H13N3O2/c7-6(9-10)8-3-5-1-2-11-4-5/h5,10H,1-4H2,(H3,7,8,9). The van der Waals surface area contributed by atoms with E-state index in [4.69, 9.17) is 15.7 Å². The van der Waals surface area contributed by atoms with E-state index in [0.717, 1.165) is 19.6 Å². The van der Waals surface area contributed by atoms with E-state index >= 15 is 0 Å². The van der Waals surface area contributed by atoms with Crippen molar-refractivity contribution in [3.8, 4) is 0 Å². The summed E-state index contributed by atoms with van der Waals surface area (Å²) in [6, 6.07) is 0. The number of nitrogens with one attached hydrogen (secondary N) is 1. The van der Waals surface area contributed by atoms with Crippen LogP contribution >= 0.6 is 0 Å². The van der Waals surface area contributed by atoms with Crippen molar-refractivity contribution in [2.24, 2.45) is 16.6 Å². The Morgan fingerprint density at radius 2 is 2.64 bits per heavy atom. The van der Waals surface area contributed by atoms with Gasteiger partial charge in [-0.25, -0.2) is 5.48 Å². The zero-order valence-corrected chi connectivity index (χ0v) is 6.29. The Morgan fingerprint density at radius 1 is 1.82 bits per heavy atom. The highest BCUT2D eigenvalue weighted by Crippen LogP contribution is 2.11. The molecule has 0 amide bonds. The smallest absolute Gasteiger partial charge is 0.212 e. The second-order valence-electron chi connectivity index (χ2n) is 2.57. The van der Waals surface area contributed by atoms with Crippen LogP contribution in [0.15, 0.2) is 4.99 Å². The van der Waals surface area contributed by atoms with Crippen molar-refractivity contribution in [3.05, 3.63) is 0 Å². The van der Waals surface area contributed by atoms with Crippen LogP contribution in [0.1, 0.15) is 6.42 Å². The van der Waals surface area contributed by atoms with Gasteiger partial charge in [0.15, 0.2) is 0 Å². The molecule has 64 valence electrons. The number of rotatable bonds is 2. The van der Waals surface area contributed by atoms with Gasteiger partial charge in [-0.05, 0) is 6.42 Å². The van der Waals surface area contributed by atoms with Crippen molar-refractivity contribution < 1.29 is 9.94 Å². The minimum absolute atomic E-state index is 0.0666. The van der Waals surface area contributed by atoms with Gasteiger partial charge in [0.1, 0.15) is 0 Å². The number of aliphatic imine (C=N–C) groups is 1. The molecule has 4 N–H and O–H groups in total. The van der Waals surface area contributed by atoms with Gasteiger partial charge in [0.2, 0.25) is 5.96 Å². The molecule has 5 heteroatoms. The Balaban J connectivity index is 2.19. The van der Waals surface area contributed by atoms with Crippen LogP contribution < -0.4 is 11.2 Å². The van der Waals surface area contributed by atoms with Crippen LogP contribution in [-0.4, -0.2) is 30.9 Å². The van der Waals surface area contributed by atoms with Gasteiger partial charge in [0.05, 0.1) is 6.61 Å². The van der Waals surface area contributed by atoms with Gasteiger partial charge >= 0.3 is 0 Å². The molecule has 0 aromatic carbocycles. The van der Waals surface area contributed by atoms with Crippen LogP contribution in [0.4, 0.5) is 0 Å². The van der Waals surface area contributed by atoms with E-state index < -0.39 is 0 Å². The van der Waals surface area contributed by atoms with Gasteiger partial charge in [0, 0.05) is 19.1 Å². The molecule has 1 aliphatic rings. The van der Waals surface area contributed by atoms with Crippen molar-refractivity contribution >= 4 is 5.96 Å². The summed E-state index contributed by atoms with van der Waals surface area (Å²) in [5.74, 6) is 0.527. The molecule has 0 aromatic rings. The lowest BCUT2D eigenvalue weighted by atomic mass is 10.1. The maximum absolute atomic E-state index is 8.27. The summed E-state index contributed by atoms with van der Waals surface area (Å²) in [6.07, 6.45) is 1.03. The lowest BCUT2D eigenvalue weighted by Gasteiger charge is -2.02. The third-order valence-electron chi connectivity index (χ3n) is 1.66. The molecule has 5 nitrogen and oxygen atoms in total. The Labute approximate surface area is 65.2 Å². The zero-order chi connectivity index (χ0) is 8.10. The Hall–Kier alpha value is -0.810. The van der Waals surface area contributed by atoms with Crippen molar-refractivity contribution in [1.29, 1.82) is 0 Å². The first-order valence-electron chi connectivity index (χ1n) is 3.60. The number of hydrogen-bond donors (Lipinski definition) is 3. The van der Waals surface area contributed by atoms with Gasteiger partial charge in [-0.2, -0.15) is 0 Å². The van der Waals surface area contributed by atoms with Gasteiger partial charge in [-0.1, -0.05) is 0 Å². The van der Waals surface area contributed by atoms with Gasteiger partial charge in [-0.15, -0.1) is 0 Å². The Kier molecular flexibility index (Phi) is 3.13. The number of guanidine groups is 1. The monoisotopic (exact) mass is 159 g/mol. The summed E-state index contributed by atoms with van der Waals surface area (Å²) >= 11 is 0. The van der Waals surface area contributed by atoms with Crippen LogP contribution in [0.2, 0.25) is 0 Å². The summed E-state index contributed by atoms with van der Waals surface area (Å²) < 4.78 is 5.13. The SMILES string of the molecule is NC(=NCC1CCOC1)NO. The zero-order valence-electron chi connectivity index (χ0n) is 6.29. The third-order valence-corrected chi connectivity index (χ3v) is 1.66. The summed E-state index contributed by atoms with van der Waals surface area (Å²) in [5, 5.41) is 8.27. The molecule has 0 aromatic heterocycles. The van der Waals surface area contributed by atoms with E-state index in [1.54, 1.807) is 5.48 Å². The van der Waals surface area contributed by atoms with Crippen molar-refractivity contribution in [3.63, 3.8) is 0 Å². The fraction of sp³-hybridized carbons (Fsp3) is 0.833. The van der Waals surface area contributed by atoms with Crippen molar-refractivity contribution in [1.82, 2.24) is 5.48 Å². The average molecular weight is 159 g/mol. The molecule has 1 atom stereocenters. The Bertz CT molecular complexity index is 143. The second kappa shape index (κ2) is 4.15. The maximum atomic E-state index is 8.27. The molecule has 1 aliphatic heterocycles. The van der Waals surface area contributed by atoms with Gasteiger partial charge in [0.25, 0.3) is 0 Å². The lowest BCUT2D eigenvalue weighted by Crippen LogP contribution is -2.29. The van der Waals surface area contributed by atoms with E-state index in [2.05, 4.69) is 4.99 Å². The fourth-order valence-corrected chi connectivity index (χ4v) is 0.990. The fourth-order valence-electron chi connectivity index (χ4n) is 0.990. The van der Waals surface area contributed by atoms with E-state index in [1.807, 2.05) is 0 Å². The number of nitrogens with zero attached hydrogens (tertiary/aromatic N) is 1. The molecule has 1 rings (SSSR count). The first-order chi connectivity index (χ1) is 5.33. The highest BCUT2D eigenvalue weighted by atomic mass is 16.5. The minimum Gasteiger partial charge on any atom is -0.381 e. The quantitative estimate of drug-likeness (QED) is 0.283. The number of ether oxygens (including phenoxy) is 1. The van der Waals surface area contributed by atoms with Crippen LogP contribution in [-0.2, 0) is 4.74 Å². The summed E-state index contributed by atoms with van der Waals surface area (Å²) in [4.78, 5) is 3.88. The first kappa shape index (κ1) is 8.29. The predicted octanol–water partition coefficient (Wildman–Crippen LogP) is -0.684. The third kappa shape index (κ3) is 2.73. The highest BCUT2D eigenvalue weighted by molar-refractivity contribution is 5.76. The van der Waals surface area contributed by atoms with E-state index in [-0.39, 0.29) is 5.96 Å². The van der Waals surface area contributed by atoms with Gasteiger partial charge < -0.3 is 10.5 Å². The summed E-state index contributed by atoms with van der Waals surface area (Å²) in [6.45, 7) is 2.19. The first-order valence-corrected chi connectivity index (χ1v) is 3.60. The Morgan fingerprint density at radius 3 is 3.18 bits per heavy atom. The van der Waals surface area contributed by atoms with Crippen LogP contribution in [0, 0.1) is 5.92 Å². The van der Waals surface area contributed by atoms with Crippen molar-refractivity contribution in [2.45, 2.75) is 6.42 Å². The number of nitrogens with two attached hydrogens (primary N) is 1. The molecule has 1 unspecified atom stereocenters. The second-order valence-corrected chi connectivity index (χ2v) is 2.57. The molecule has 11 heavy (non-hydrogen) atoms. The lowest BCUT2D eigenvalue weighted by molar-refractivity contribution is 0.186. The van der Waals surface area contributed by atoms with Crippen LogP contribution in [0.3, 0.4) is 0 Å². The molecule has 1 heterocycles. The van der Waals surface area contributed by atoms with Crippen molar-refractivity contribution in [2.75, 3.05) is 19.8 Å². The van der Waals surface area contributed by atoms with E-state index in [9.17, 15) is 0 Å². The van der Waals surface area contributed by atoms with Gasteiger partial charge in [-0.3, -0.25) is 10.2 Å². The summed E-state index contributed by atoms with van der Waals surface area (Å²) in [7, 11) is 0. The largest absolute Gasteiger partial charge is 0.381 e. The maximum Gasteiger partial charge on any atom is 0.212 e. The molecule has 0 bridgehead atoms. The molecular weight excluding hydrogens is 146 g/mol. The number of hydrogen-bond acceptors (Lipinski definition) is 3. The van der Waals surface area contributed by atoms with E-state index in [0.29, 0.717) is 12.5 Å². The predicted molar refractivity (Wildman–Crippen MR) is 40.3 cm³/mol. The van der Waals surface area contributed by atoms with Crippen LogP contribution in [0.5, 0.6) is 0 Å². The molecule has 0 aliphatic carbocycles. The molecule has 1 fully saturated rings. The number of hydroxylamine groups is 1. The molecule has 1 saturated heterocycles. The topological polar surface area (TPSA) is 79.9 Å². The highest BCUT2D eigenvalue weighted by Gasteiger charge is 2.14. The normalized spacial score (nSPS) is 25.5. The van der Waals surface area contributed by atoms with E-state index in [1.165, 1.54) is 0 Å². The summed E-state index contributed by atoms with van der Waals surface area (Å²) in [5.41, 5.74) is 6.97. The van der Waals surface area contributed by atoms with Crippen LogP contribution in [0.25, 0.3) is 0 Å². The molecule has 0 saturated carbocycles. The minimum atomic E-state index is 0.0666. The molecular formula is C6H13N3O2. The molecule has 0 radical (unpaired) electrons. The average Bonchev–Trinajstić information content (AvgIpc) is 2.52.